The highest BCUT2D eigenvalue weighted by atomic mass is 19.1. The maximum absolute atomic E-state index is 13.0. The Morgan fingerprint density at radius 3 is 2.83 bits per heavy atom. The summed E-state index contributed by atoms with van der Waals surface area (Å²) in [4.78, 5) is 0. The van der Waals surface area contributed by atoms with Gasteiger partial charge < -0.3 is 14.8 Å². The van der Waals surface area contributed by atoms with E-state index in [0.29, 0.717) is 13.2 Å². The van der Waals surface area contributed by atoms with E-state index in [1.54, 1.807) is 19.2 Å². The quantitative estimate of drug-likeness (QED) is 0.688. The minimum Gasteiger partial charge on any atom is -0.385 e. The van der Waals surface area contributed by atoms with Crippen LogP contribution in [0.25, 0.3) is 0 Å². The van der Waals surface area contributed by atoms with Gasteiger partial charge in [-0.05, 0) is 31.0 Å². The van der Waals surface area contributed by atoms with E-state index in [2.05, 4.69) is 5.32 Å². The number of nitrogens with one attached hydrogen (secondary N) is 1. The first kappa shape index (κ1) is 15.1. The third kappa shape index (κ3) is 6.10. The number of ether oxygens (including phenoxy) is 2. The van der Waals surface area contributed by atoms with Gasteiger partial charge in [-0.2, -0.15) is 0 Å². The van der Waals surface area contributed by atoms with Crippen LogP contribution in [0, 0.1) is 5.82 Å². The SMILES string of the molecule is COCCCOCCN[C@@H](C)c1cccc(F)c1. The van der Waals surface area contributed by atoms with Crippen LogP contribution in [0.2, 0.25) is 0 Å². The van der Waals surface area contributed by atoms with Crippen LogP contribution in [0.15, 0.2) is 24.3 Å². The van der Waals surface area contributed by atoms with Gasteiger partial charge in [0.05, 0.1) is 6.61 Å². The summed E-state index contributed by atoms with van der Waals surface area (Å²) < 4.78 is 23.4. The molecular weight excluding hydrogens is 233 g/mol. The van der Waals surface area contributed by atoms with Crippen LogP contribution in [0.4, 0.5) is 4.39 Å². The van der Waals surface area contributed by atoms with E-state index in [1.807, 2.05) is 13.0 Å². The molecule has 0 aromatic heterocycles. The lowest BCUT2D eigenvalue weighted by Gasteiger charge is -2.14. The Morgan fingerprint density at radius 2 is 2.11 bits per heavy atom. The molecule has 0 aliphatic heterocycles. The Hall–Kier alpha value is -0.970. The lowest BCUT2D eigenvalue weighted by molar-refractivity contribution is 0.103. The molecule has 18 heavy (non-hydrogen) atoms. The average molecular weight is 255 g/mol. The van der Waals surface area contributed by atoms with Crippen molar-refractivity contribution in [3.8, 4) is 0 Å². The Morgan fingerprint density at radius 1 is 1.28 bits per heavy atom. The van der Waals surface area contributed by atoms with Crippen LogP contribution in [0.5, 0.6) is 0 Å². The maximum atomic E-state index is 13.0. The van der Waals surface area contributed by atoms with Gasteiger partial charge >= 0.3 is 0 Å². The van der Waals surface area contributed by atoms with Crippen molar-refractivity contribution in [1.82, 2.24) is 5.32 Å². The van der Waals surface area contributed by atoms with Crippen molar-refractivity contribution in [2.45, 2.75) is 19.4 Å². The lowest BCUT2D eigenvalue weighted by atomic mass is 10.1. The van der Waals surface area contributed by atoms with E-state index in [0.717, 1.165) is 25.1 Å². The Balaban J connectivity index is 2.12. The fraction of sp³-hybridized carbons (Fsp3) is 0.571. The van der Waals surface area contributed by atoms with Crippen LogP contribution < -0.4 is 5.32 Å². The number of benzene rings is 1. The number of rotatable bonds is 9. The standard InChI is InChI=1S/C14H22FNO2/c1-12(13-5-3-6-14(15)11-13)16-7-10-18-9-4-8-17-2/h3,5-6,11-12,16H,4,7-10H2,1-2H3/t12-/m0/s1. The van der Waals surface area contributed by atoms with Crippen molar-refractivity contribution in [3.05, 3.63) is 35.6 Å². The first-order valence-corrected chi connectivity index (χ1v) is 6.29. The zero-order chi connectivity index (χ0) is 13.2. The lowest BCUT2D eigenvalue weighted by Crippen LogP contribution is -2.23. The molecule has 0 saturated carbocycles. The van der Waals surface area contributed by atoms with Crippen molar-refractivity contribution in [3.63, 3.8) is 0 Å². The van der Waals surface area contributed by atoms with Gasteiger partial charge in [0.15, 0.2) is 0 Å². The zero-order valence-electron chi connectivity index (χ0n) is 11.1. The zero-order valence-corrected chi connectivity index (χ0v) is 11.1. The summed E-state index contributed by atoms with van der Waals surface area (Å²) in [7, 11) is 1.68. The number of hydrogen-bond acceptors (Lipinski definition) is 3. The first-order valence-electron chi connectivity index (χ1n) is 6.29. The fourth-order valence-corrected chi connectivity index (χ4v) is 1.65. The summed E-state index contributed by atoms with van der Waals surface area (Å²) in [5, 5.41) is 3.29. The van der Waals surface area contributed by atoms with Gasteiger partial charge in [-0.1, -0.05) is 12.1 Å². The maximum Gasteiger partial charge on any atom is 0.123 e. The second-order valence-electron chi connectivity index (χ2n) is 4.19. The van der Waals surface area contributed by atoms with Crippen LogP contribution in [-0.4, -0.2) is 33.5 Å². The second-order valence-corrected chi connectivity index (χ2v) is 4.19. The molecule has 0 saturated heterocycles. The molecule has 1 rings (SSSR count). The van der Waals surface area contributed by atoms with Gasteiger partial charge in [-0.15, -0.1) is 0 Å². The summed E-state index contributed by atoms with van der Waals surface area (Å²) in [5.41, 5.74) is 0.953. The third-order valence-electron chi connectivity index (χ3n) is 2.68. The molecule has 0 radical (unpaired) electrons. The van der Waals surface area contributed by atoms with Gasteiger partial charge in [0, 0.05) is 32.9 Å². The van der Waals surface area contributed by atoms with E-state index < -0.39 is 0 Å². The summed E-state index contributed by atoms with van der Waals surface area (Å²) >= 11 is 0. The highest BCUT2D eigenvalue weighted by molar-refractivity contribution is 5.19. The molecule has 102 valence electrons. The van der Waals surface area contributed by atoms with Gasteiger partial charge in [0.1, 0.15) is 5.82 Å². The Labute approximate surface area is 108 Å². The average Bonchev–Trinajstić information content (AvgIpc) is 2.37. The summed E-state index contributed by atoms with van der Waals surface area (Å²) in [5.74, 6) is -0.197. The predicted molar refractivity (Wildman–Crippen MR) is 70.1 cm³/mol. The molecule has 1 atom stereocenters. The second kappa shape index (κ2) is 9.03. The summed E-state index contributed by atoms with van der Waals surface area (Å²) in [6.45, 7) is 4.87. The van der Waals surface area contributed by atoms with Crippen LogP contribution in [0.1, 0.15) is 24.9 Å². The van der Waals surface area contributed by atoms with Crippen LogP contribution >= 0.6 is 0 Å². The highest BCUT2D eigenvalue weighted by Gasteiger charge is 2.04. The molecule has 0 heterocycles. The molecule has 0 unspecified atom stereocenters. The number of halogens is 1. The molecule has 3 nitrogen and oxygen atoms in total. The van der Waals surface area contributed by atoms with E-state index in [1.165, 1.54) is 6.07 Å². The van der Waals surface area contributed by atoms with E-state index in [9.17, 15) is 4.39 Å². The number of methoxy groups -OCH3 is 1. The van der Waals surface area contributed by atoms with Gasteiger partial charge in [0.25, 0.3) is 0 Å². The molecule has 0 amide bonds. The molecule has 1 aromatic carbocycles. The largest absolute Gasteiger partial charge is 0.385 e. The summed E-state index contributed by atoms with van der Waals surface area (Å²) in [6.07, 6.45) is 0.913. The third-order valence-corrected chi connectivity index (χ3v) is 2.68. The van der Waals surface area contributed by atoms with Crippen LogP contribution in [-0.2, 0) is 9.47 Å². The first-order chi connectivity index (χ1) is 8.74. The molecule has 0 aliphatic rings. The molecule has 1 aromatic rings. The topological polar surface area (TPSA) is 30.5 Å². The van der Waals surface area contributed by atoms with Gasteiger partial charge in [0.2, 0.25) is 0 Å². The van der Waals surface area contributed by atoms with Crippen molar-refractivity contribution < 1.29 is 13.9 Å². The van der Waals surface area contributed by atoms with Crippen molar-refractivity contribution in [1.29, 1.82) is 0 Å². The van der Waals surface area contributed by atoms with Gasteiger partial charge in [-0.25, -0.2) is 4.39 Å². The van der Waals surface area contributed by atoms with Crippen molar-refractivity contribution in [2.24, 2.45) is 0 Å². The molecule has 1 N–H and O–H groups in total. The van der Waals surface area contributed by atoms with E-state index >= 15 is 0 Å². The van der Waals surface area contributed by atoms with Crippen molar-refractivity contribution in [2.75, 3.05) is 33.5 Å². The molecule has 0 bridgehead atoms. The molecule has 4 heteroatoms. The molecule has 0 spiro atoms. The minimum atomic E-state index is -0.197. The Bertz CT molecular complexity index is 333. The molecular formula is C14H22FNO2. The highest BCUT2D eigenvalue weighted by Crippen LogP contribution is 2.12. The monoisotopic (exact) mass is 255 g/mol. The Kier molecular flexibility index (Phi) is 7.57. The predicted octanol–water partition coefficient (Wildman–Crippen LogP) is 2.53. The summed E-state index contributed by atoms with van der Waals surface area (Å²) in [6, 6.07) is 6.78. The minimum absolute atomic E-state index is 0.128. The number of hydrogen-bond donors (Lipinski definition) is 1. The van der Waals surface area contributed by atoms with Gasteiger partial charge in [-0.3, -0.25) is 0 Å². The molecule has 0 fully saturated rings. The van der Waals surface area contributed by atoms with E-state index in [4.69, 9.17) is 9.47 Å². The van der Waals surface area contributed by atoms with Crippen molar-refractivity contribution >= 4 is 0 Å². The van der Waals surface area contributed by atoms with E-state index in [-0.39, 0.29) is 11.9 Å². The normalized spacial score (nSPS) is 12.6. The van der Waals surface area contributed by atoms with Crippen LogP contribution in [0.3, 0.4) is 0 Å². The fourth-order valence-electron chi connectivity index (χ4n) is 1.65. The molecule has 0 aliphatic carbocycles. The smallest absolute Gasteiger partial charge is 0.123 e.